The molecular weight excluding hydrogens is 76.1 g/mol. The van der Waals surface area contributed by atoms with Crippen LogP contribution >= 0.6 is 0 Å². The SMILES string of the molecule is [CH2]C(C)OCC. The summed E-state index contributed by atoms with van der Waals surface area (Å²) in [4.78, 5) is 0. The smallest absolute Gasteiger partial charge is 0.0547 e. The fraction of sp³-hybridized carbons (Fsp3) is 0.800. The third-order valence-electron chi connectivity index (χ3n) is 0.451. The second-order valence-electron chi connectivity index (χ2n) is 1.27. The van der Waals surface area contributed by atoms with Gasteiger partial charge in [0.25, 0.3) is 0 Å². The van der Waals surface area contributed by atoms with Crippen LogP contribution in [0.4, 0.5) is 0 Å². The first-order valence-corrected chi connectivity index (χ1v) is 2.22. The van der Waals surface area contributed by atoms with Crippen molar-refractivity contribution in [3.8, 4) is 0 Å². The molecule has 37 valence electrons. The van der Waals surface area contributed by atoms with Crippen LogP contribution in [-0.2, 0) is 4.74 Å². The van der Waals surface area contributed by atoms with Crippen molar-refractivity contribution in [2.24, 2.45) is 0 Å². The molecule has 0 aromatic rings. The van der Waals surface area contributed by atoms with Crippen LogP contribution in [0.1, 0.15) is 13.8 Å². The second-order valence-corrected chi connectivity index (χ2v) is 1.27. The lowest BCUT2D eigenvalue weighted by Gasteiger charge is -2.00. The molecule has 0 saturated carbocycles. The molecule has 1 radical (unpaired) electrons. The zero-order valence-corrected chi connectivity index (χ0v) is 4.40. The molecule has 0 saturated heterocycles. The highest BCUT2D eigenvalue weighted by Gasteiger charge is 1.84. The van der Waals surface area contributed by atoms with Crippen LogP contribution in [0.5, 0.6) is 0 Å². The Morgan fingerprint density at radius 3 is 2.33 bits per heavy atom. The van der Waals surface area contributed by atoms with E-state index in [1.807, 2.05) is 13.8 Å². The summed E-state index contributed by atoms with van der Waals surface area (Å²) < 4.78 is 4.93. The molecule has 1 nitrogen and oxygen atoms in total. The number of hydrogen-bond donors (Lipinski definition) is 0. The van der Waals surface area contributed by atoms with Gasteiger partial charge in [0.05, 0.1) is 6.10 Å². The van der Waals surface area contributed by atoms with Gasteiger partial charge < -0.3 is 4.74 Å². The largest absolute Gasteiger partial charge is 0.379 e. The highest BCUT2D eigenvalue weighted by atomic mass is 16.5. The molecule has 1 unspecified atom stereocenters. The van der Waals surface area contributed by atoms with E-state index >= 15 is 0 Å². The monoisotopic (exact) mass is 87.1 g/mol. The lowest BCUT2D eigenvalue weighted by atomic mass is 10.5. The highest BCUT2D eigenvalue weighted by molar-refractivity contribution is 4.46. The van der Waals surface area contributed by atoms with E-state index in [1.165, 1.54) is 0 Å². The number of ether oxygens (including phenoxy) is 1. The van der Waals surface area contributed by atoms with Gasteiger partial charge in [-0.05, 0) is 20.8 Å². The average Bonchev–Trinajstić information content (AvgIpc) is 1.35. The van der Waals surface area contributed by atoms with Crippen LogP contribution in [0.25, 0.3) is 0 Å². The lowest BCUT2D eigenvalue weighted by Crippen LogP contribution is -2.00. The van der Waals surface area contributed by atoms with Gasteiger partial charge in [0.15, 0.2) is 0 Å². The summed E-state index contributed by atoms with van der Waals surface area (Å²) in [6.45, 7) is 8.25. The molecule has 1 atom stereocenters. The van der Waals surface area contributed by atoms with Gasteiger partial charge in [-0.25, -0.2) is 0 Å². The van der Waals surface area contributed by atoms with Crippen LogP contribution in [-0.4, -0.2) is 12.7 Å². The highest BCUT2D eigenvalue weighted by Crippen LogP contribution is 1.82. The van der Waals surface area contributed by atoms with Gasteiger partial charge in [0, 0.05) is 6.61 Å². The van der Waals surface area contributed by atoms with Crippen molar-refractivity contribution in [2.45, 2.75) is 20.0 Å². The standard InChI is InChI=1S/C5H11O/c1-4-6-5(2)3/h5H,2,4H2,1,3H3. The summed E-state index contributed by atoms with van der Waals surface area (Å²) in [5.41, 5.74) is 0. The fourth-order valence-electron chi connectivity index (χ4n) is 0.285. The van der Waals surface area contributed by atoms with Crippen molar-refractivity contribution in [1.29, 1.82) is 0 Å². The molecular formula is C5H11O. The lowest BCUT2D eigenvalue weighted by molar-refractivity contribution is 0.108. The van der Waals surface area contributed by atoms with Crippen LogP contribution in [0, 0.1) is 6.92 Å². The van der Waals surface area contributed by atoms with Crippen molar-refractivity contribution >= 4 is 0 Å². The van der Waals surface area contributed by atoms with Crippen LogP contribution in [0.3, 0.4) is 0 Å². The van der Waals surface area contributed by atoms with Crippen molar-refractivity contribution in [2.75, 3.05) is 6.61 Å². The molecule has 0 amide bonds. The molecule has 0 aromatic carbocycles. The minimum Gasteiger partial charge on any atom is -0.379 e. The molecule has 0 bridgehead atoms. The molecule has 0 aliphatic carbocycles. The zero-order chi connectivity index (χ0) is 4.99. The Morgan fingerprint density at radius 1 is 1.83 bits per heavy atom. The van der Waals surface area contributed by atoms with Crippen LogP contribution in [0.15, 0.2) is 0 Å². The van der Waals surface area contributed by atoms with Crippen molar-refractivity contribution < 1.29 is 4.74 Å². The Kier molecular flexibility index (Phi) is 3.14. The Morgan fingerprint density at radius 2 is 2.33 bits per heavy atom. The molecule has 0 rings (SSSR count). The van der Waals surface area contributed by atoms with Crippen molar-refractivity contribution in [3.63, 3.8) is 0 Å². The summed E-state index contributed by atoms with van der Waals surface area (Å²) in [6.07, 6.45) is 0.148. The Bertz CT molecular complexity index is 25.1. The molecule has 0 N–H and O–H groups in total. The summed E-state index contributed by atoms with van der Waals surface area (Å²) in [5.74, 6) is 0. The van der Waals surface area contributed by atoms with E-state index in [0.717, 1.165) is 6.61 Å². The number of hydrogen-bond acceptors (Lipinski definition) is 1. The third kappa shape index (κ3) is 3.96. The predicted octanol–water partition coefficient (Wildman–Crippen LogP) is 1.25. The van der Waals surface area contributed by atoms with E-state index in [-0.39, 0.29) is 6.10 Å². The average molecular weight is 87.1 g/mol. The van der Waals surface area contributed by atoms with Gasteiger partial charge in [0.2, 0.25) is 0 Å². The molecule has 0 fully saturated rings. The van der Waals surface area contributed by atoms with Crippen LogP contribution in [0.2, 0.25) is 0 Å². The van der Waals surface area contributed by atoms with E-state index in [2.05, 4.69) is 6.92 Å². The maximum atomic E-state index is 4.93. The van der Waals surface area contributed by atoms with Gasteiger partial charge in [-0.15, -0.1) is 0 Å². The fourth-order valence-corrected chi connectivity index (χ4v) is 0.285. The van der Waals surface area contributed by atoms with E-state index in [4.69, 9.17) is 4.74 Å². The first kappa shape index (κ1) is 5.96. The van der Waals surface area contributed by atoms with Crippen LogP contribution < -0.4 is 0 Å². The molecule has 0 aliphatic heterocycles. The second kappa shape index (κ2) is 3.16. The maximum absolute atomic E-state index is 4.93. The first-order valence-electron chi connectivity index (χ1n) is 2.22. The third-order valence-corrected chi connectivity index (χ3v) is 0.451. The van der Waals surface area contributed by atoms with Gasteiger partial charge in [-0.3, -0.25) is 0 Å². The Labute approximate surface area is 39.3 Å². The molecule has 1 heteroatoms. The van der Waals surface area contributed by atoms with E-state index in [9.17, 15) is 0 Å². The summed E-state index contributed by atoms with van der Waals surface area (Å²) >= 11 is 0. The predicted molar refractivity (Wildman–Crippen MR) is 26.4 cm³/mol. The Balaban J connectivity index is 2.63. The van der Waals surface area contributed by atoms with Gasteiger partial charge in [-0.2, -0.15) is 0 Å². The molecule has 0 aromatic heterocycles. The minimum atomic E-state index is 0.148. The van der Waals surface area contributed by atoms with Gasteiger partial charge >= 0.3 is 0 Å². The quantitative estimate of drug-likeness (QED) is 0.492. The normalized spacial score (nSPS) is 10.0. The molecule has 0 heterocycles. The van der Waals surface area contributed by atoms with Gasteiger partial charge in [0.1, 0.15) is 0 Å². The molecule has 0 spiro atoms. The topological polar surface area (TPSA) is 9.23 Å². The minimum absolute atomic E-state index is 0.148. The summed E-state index contributed by atoms with van der Waals surface area (Å²) in [7, 11) is 0. The number of rotatable bonds is 2. The van der Waals surface area contributed by atoms with Crippen molar-refractivity contribution in [1.82, 2.24) is 0 Å². The summed E-state index contributed by atoms with van der Waals surface area (Å²) in [6, 6.07) is 0. The zero-order valence-electron chi connectivity index (χ0n) is 4.40. The molecule has 6 heavy (non-hydrogen) atoms. The Hall–Kier alpha value is -0.0400. The first-order chi connectivity index (χ1) is 2.77. The summed E-state index contributed by atoms with van der Waals surface area (Å²) in [5, 5.41) is 0. The van der Waals surface area contributed by atoms with E-state index < -0.39 is 0 Å². The van der Waals surface area contributed by atoms with Crippen molar-refractivity contribution in [3.05, 3.63) is 6.92 Å². The van der Waals surface area contributed by atoms with E-state index in [0.29, 0.717) is 0 Å². The molecule has 0 aliphatic rings. The van der Waals surface area contributed by atoms with Gasteiger partial charge in [-0.1, -0.05) is 0 Å². The maximum Gasteiger partial charge on any atom is 0.0547 e. The van der Waals surface area contributed by atoms with E-state index in [1.54, 1.807) is 0 Å².